The number of pyridine rings is 2. The van der Waals surface area contributed by atoms with E-state index >= 15 is 0 Å². The van der Waals surface area contributed by atoms with Gasteiger partial charge in [-0.3, -0.25) is 9.78 Å². The second kappa shape index (κ2) is 5.17. The summed E-state index contributed by atoms with van der Waals surface area (Å²) in [5.74, 6) is 0.701. The molecule has 0 aliphatic heterocycles. The van der Waals surface area contributed by atoms with Gasteiger partial charge in [0.1, 0.15) is 5.82 Å². The van der Waals surface area contributed by atoms with Gasteiger partial charge in [0.2, 0.25) is 0 Å². The standard InChI is InChI=1S/C16H15N3O/c1-11(14-8-4-5-9-17-14)18-15-10-12-6-2-3-7-13(12)16(20)19-15/h2-11H,1H3,(H2,18,19,20). The van der Waals surface area contributed by atoms with Gasteiger partial charge in [-0.2, -0.15) is 0 Å². The van der Waals surface area contributed by atoms with E-state index in [1.165, 1.54) is 0 Å². The molecule has 0 spiro atoms. The third-order valence-electron chi connectivity index (χ3n) is 3.26. The van der Waals surface area contributed by atoms with Crippen molar-refractivity contribution in [3.05, 3.63) is 70.8 Å². The van der Waals surface area contributed by atoms with Crippen LogP contribution in [0.1, 0.15) is 18.7 Å². The first-order chi connectivity index (χ1) is 9.74. The summed E-state index contributed by atoms with van der Waals surface area (Å²) in [6.07, 6.45) is 1.76. The first kappa shape index (κ1) is 12.4. The molecule has 100 valence electrons. The van der Waals surface area contributed by atoms with Crippen molar-refractivity contribution >= 4 is 16.6 Å². The third-order valence-corrected chi connectivity index (χ3v) is 3.26. The number of hydrogen-bond donors (Lipinski definition) is 2. The molecule has 0 saturated carbocycles. The Morgan fingerprint density at radius 2 is 1.95 bits per heavy atom. The lowest BCUT2D eigenvalue weighted by atomic mass is 10.1. The van der Waals surface area contributed by atoms with E-state index < -0.39 is 0 Å². The number of benzene rings is 1. The molecular formula is C16H15N3O. The molecular weight excluding hydrogens is 250 g/mol. The van der Waals surface area contributed by atoms with Crippen LogP contribution < -0.4 is 10.9 Å². The Hall–Kier alpha value is -2.62. The summed E-state index contributed by atoms with van der Waals surface area (Å²) in [7, 11) is 0. The van der Waals surface area contributed by atoms with E-state index in [4.69, 9.17) is 0 Å². The molecule has 2 aromatic heterocycles. The molecule has 3 rings (SSSR count). The molecule has 4 heteroatoms. The van der Waals surface area contributed by atoms with Crippen LogP contribution in [0, 0.1) is 0 Å². The molecule has 20 heavy (non-hydrogen) atoms. The molecule has 0 bridgehead atoms. The van der Waals surface area contributed by atoms with Gasteiger partial charge >= 0.3 is 0 Å². The zero-order chi connectivity index (χ0) is 13.9. The van der Waals surface area contributed by atoms with Gasteiger partial charge in [-0.15, -0.1) is 0 Å². The number of rotatable bonds is 3. The molecule has 1 unspecified atom stereocenters. The summed E-state index contributed by atoms with van der Waals surface area (Å²) in [4.78, 5) is 19.2. The van der Waals surface area contributed by atoms with Crippen molar-refractivity contribution in [3.63, 3.8) is 0 Å². The maximum absolute atomic E-state index is 12.0. The van der Waals surface area contributed by atoms with E-state index in [2.05, 4.69) is 15.3 Å². The van der Waals surface area contributed by atoms with E-state index in [1.807, 2.05) is 55.5 Å². The molecule has 2 N–H and O–H groups in total. The Morgan fingerprint density at radius 1 is 1.15 bits per heavy atom. The second-order valence-electron chi connectivity index (χ2n) is 4.72. The van der Waals surface area contributed by atoms with E-state index in [9.17, 15) is 4.79 Å². The average molecular weight is 265 g/mol. The zero-order valence-electron chi connectivity index (χ0n) is 11.1. The summed E-state index contributed by atoms with van der Waals surface area (Å²) < 4.78 is 0. The molecule has 0 saturated heterocycles. The van der Waals surface area contributed by atoms with E-state index in [-0.39, 0.29) is 11.6 Å². The summed E-state index contributed by atoms with van der Waals surface area (Å²) >= 11 is 0. The van der Waals surface area contributed by atoms with Crippen molar-refractivity contribution < 1.29 is 0 Å². The normalized spacial score (nSPS) is 12.2. The molecule has 0 fully saturated rings. The highest BCUT2D eigenvalue weighted by atomic mass is 16.1. The third kappa shape index (κ3) is 2.40. The summed E-state index contributed by atoms with van der Waals surface area (Å²) in [5, 5.41) is 4.89. The summed E-state index contributed by atoms with van der Waals surface area (Å²) in [5.41, 5.74) is 0.848. The number of nitrogens with one attached hydrogen (secondary N) is 2. The van der Waals surface area contributed by atoms with Gasteiger partial charge in [-0.05, 0) is 36.6 Å². The molecule has 2 heterocycles. The van der Waals surface area contributed by atoms with Gasteiger partial charge in [0, 0.05) is 11.6 Å². The number of nitrogens with zero attached hydrogens (tertiary/aromatic N) is 1. The summed E-state index contributed by atoms with van der Waals surface area (Å²) in [6.45, 7) is 2.01. The Balaban J connectivity index is 1.93. The van der Waals surface area contributed by atoms with Gasteiger partial charge < -0.3 is 10.3 Å². The van der Waals surface area contributed by atoms with E-state index in [0.717, 1.165) is 11.1 Å². The molecule has 0 radical (unpaired) electrons. The minimum Gasteiger partial charge on any atom is -0.363 e. The van der Waals surface area contributed by atoms with Crippen molar-refractivity contribution in [1.29, 1.82) is 0 Å². The van der Waals surface area contributed by atoms with Crippen LogP contribution in [0.2, 0.25) is 0 Å². The molecule has 3 aromatic rings. The Labute approximate surface area is 116 Å². The Bertz CT molecular complexity index is 780. The SMILES string of the molecule is CC(Nc1cc2ccccc2c(=O)[nH]1)c1ccccn1. The van der Waals surface area contributed by atoms with Crippen LogP contribution in [0.3, 0.4) is 0 Å². The van der Waals surface area contributed by atoms with Crippen LogP contribution in [0.5, 0.6) is 0 Å². The fourth-order valence-electron chi connectivity index (χ4n) is 2.23. The van der Waals surface area contributed by atoms with Crippen LogP contribution in [0.4, 0.5) is 5.82 Å². The van der Waals surface area contributed by atoms with Crippen molar-refractivity contribution in [1.82, 2.24) is 9.97 Å². The zero-order valence-corrected chi connectivity index (χ0v) is 11.1. The van der Waals surface area contributed by atoms with E-state index in [1.54, 1.807) is 6.20 Å². The molecule has 4 nitrogen and oxygen atoms in total. The van der Waals surface area contributed by atoms with Crippen LogP contribution in [-0.4, -0.2) is 9.97 Å². The number of aromatic nitrogens is 2. The number of aromatic amines is 1. The largest absolute Gasteiger partial charge is 0.363 e. The highest BCUT2D eigenvalue weighted by Crippen LogP contribution is 2.18. The maximum Gasteiger partial charge on any atom is 0.257 e. The predicted molar refractivity (Wildman–Crippen MR) is 80.8 cm³/mol. The first-order valence-electron chi connectivity index (χ1n) is 6.53. The lowest BCUT2D eigenvalue weighted by Gasteiger charge is -2.14. The van der Waals surface area contributed by atoms with Gasteiger partial charge in [0.15, 0.2) is 0 Å². The van der Waals surface area contributed by atoms with Crippen molar-refractivity contribution in [2.45, 2.75) is 13.0 Å². The molecule has 1 aromatic carbocycles. The van der Waals surface area contributed by atoms with Crippen LogP contribution in [0.25, 0.3) is 10.8 Å². The highest BCUT2D eigenvalue weighted by Gasteiger charge is 2.07. The Morgan fingerprint density at radius 3 is 2.75 bits per heavy atom. The van der Waals surface area contributed by atoms with Gasteiger partial charge in [0.05, 0.1) is 11.7 Å². The molecule has 0 aliphatic carbocycles. The lowest BCUT2D eigenvalue weighted by molar-refractivity contribution is 0.831. The Kier molecular flexibility index (Phi) is 3.21. The minimum atomic E-state index is -0.0844. The molecule has 1 atom stereocenters. The van der Waals surface area contributed by atoms with Gasteiger partial charge in [-0.25, -0.2) is 0 Å². The van der Waals surface area contributed by atoms with Gasteiger partial charge in [0.25, 0.3) is 5.56 Å². The van der Waals surface area contributed by atoms with Crippen molar-refractivity contribution in [3.8, 4) is 0 Å². The quantitative estimate of drug-likeness (QED) is 0.765. The molecule has 0 aliphatic rings. The van der Waals surface area contributed by atoms with Crippen molar-refractivity contribution in [2.75, 3.05) is 5.32 Å². The van der Waals surface area contributed by atoms with Gasteiger partial charge in [-0.1, -0.05) is 24.3 Å². The maximum atomic E-state index is 12.0. The van der Waals surface area contributed by atoms with Crippen LogP contribution in [0.15, 0.2) is 59.5 Å². The molecule has 0 amide bonds. The average Bonchev–Trinajstić information content (AvgIpc) is 2.48. The predicted octanol–water partition coefficient (Wildman–Crippen LogP) is 3.10. The first-order valence-corrected chi connectivity index (χ1v) is 6.53. The fourth-order valence-corrected chi connectivity index (χ4v) is 2.23. The number of anilines is 1. The lowest BCUT2D eigenvalue weighted by Crippen LogP contribution is -2.14. The summed E-state index contributed by atoms with van der Waals surface area (Å²) in [6, 6.07) is 15.3. The second-order valence-corrected chi connectivity index (χ2v) is 4.72. The fraction of sp³-hybridized carbons (Fsp3) is 0.125. The van der Waals surface area contributed by atoms with Crippen LogP contribution in [-0.2, 0) is 0 Å². The topological polar surface area (TPSA) is 57.8 Å². The number of hydrogen-bond acceptors (Lipinski definition) is 3. The van der Waals surface area contributed by atoms with Crippen LogP contribution >= 0.6 is 0 Å². The highest BCUT2D eigenvalue weighted by molar-refractivity contribution is 5.83. The van der Waals surface area contributed by atoms with Crippen molar-refractivity contribution in [2.24, 2.45) is 0 Å². The number of H-pyrrole nitrogens is 1. The minimum absolute atomic E-state index is 0.0213. The smallest absolute Gasteiger partial charge is 0.257 e. The monoisotopic (exact) mass is 265 g/mol. The number of fused-ring (bicyclic) bond motifs is 1. The van der Waals surface area contributed by atoms with E-state index in [0.29, 0.717) is 11.2 Å².